The molecule has 0 spiro atoms. The summed E-state index contributed by atoms with van der Waals surface area (Å²) >= 11 is 0. The van der Waals surface area contributed by atoms with Crippen LogP contribution in [0.25, 0.3) is 11.0 Å². The Labute approximate surface area is 227 Å². The van der Waals surface area contributed by atoms with Crippen molar-refractivity contribution in [2.24, 2.45) is 0 Å². The van der Waals surface area contributed by atoms with E-state index in [9.17, 15) is 9.90 Å². The minimum absolute atomic E-state index is 0.258. The fourth-order valence-electron chi connectivity index (χ4n) is 5.67. The maximum absolute atomic E-state index is 11.5. The van der Waals surface area contributed by atoms with E-state index in [-0.39, 0.29) is 5.56 Å². The molecule has 6 rings (SSSR count). The van der Waals surface area contributed by atoms with Gasteiger partial charge in [-0.25, -0.2) is 9.78 Å². The first kappa shape index (κ1) is 25.3. The molecule has 0 saturated carbocycles. The Morgan fingerprint density at radius 1 is 1.13 bits per heavy atom. The number of aromatic carboxylic acids is 1. The molecule has 4 aromatic rings. The van der Waals surface area contributed by atoms with Crippen molar-refractivity contribution in [3.05, 3.63) is 83.4 Å². The van der Waals surface area contributed by atoms with Crippen molar-refractivity contribution < 1.29 is 24.1 Å². The topological polar surface area (TPSA) is 98.9 Å². The fourth-order valence-corrected chi connectivity index (χ4v) is 5.67. The van der Waals surface area contributed by atoms with Gasteiger partial charge in [0, 0.05) is 32.3 Å². The van der Waals surface area contributed by atoms with E-state index < -0.39 is 11.8 Å². The van der Waals surface area contributed by atoms with Crippen molar-refractivity contribution in [3.63, 3.8) is 0 Å². The van der Waals surface area contributed by atoms with Crippen LogP contribution in [0.1, 0.15) is 53.1 Å². The maximum Gasteiger partial charge on any atom is 0.335 e. The SMILES string of the molecule is COCCn1c(CN2CCC(c3cccc4c3OC(C)(c3ccccn3)O4)CC2)nc2ccc(C(=O)O)cc21. The Kier molecular flexibility index (Phi) is 6.70. The number of methoxy groups -OCH3 is 1. The third-order valence-corrected chi connectivity index (χ3v) is 7.73. The molecule has 0 aliphatic carbocycles. The number of hydrogen-bond acceptors (Lipinski definition) is 7. The predicted molar refractivity (Wildman–Crippen MR) is 145 cm³/mol. The van der Waals surface area contributed by atoms with E-state index in [4.69, 9.17) is 19.2 Å². The molecule has 0 amide bonds. The van der Waals surface area contributed by atoms with Gasteiger partial charge in [0.15, 0.2) is 11.5 Å². The molecule has 2 aromatic heterocycles. The number of likely N-dealkylation sites (tertiary alicyclic amines) is 1. The van der Waals surface area contributed by atoms with E-state index in [1.165, 1.54) is 5.56 Å². The number of piperidine rings is 1. The Hall–Kier alpha value is -3.95. The number of para-hydroxylation sites is 1. The summed E-state index contributed by atoms with van der Waals surface area (Å²) in [7, 11) is 1.67. The molecule has 1 saturated heterocycles. The Morgan fingerprint density at radius 2 is 1.97 bits per heavy atom. The van der Waals surface area contributed by atoms with Crippen LogP contribution in [0.2, 0.25) is 0 Å². The van der Waals surface area contributed by atoms with Gasteiger partial charge in [0.05, 0.1) is 29.7 Å². The fraction of sp³-hybridized carbons (Fsp3) is 0.367. The van der Waals surface area contributed by atoms with Gasteiger partial charge in [-0.3, -0.25) is 9.88 Å². The molecule has 4 heterocycles. The van der Waals surface area contributed by atoms with Crippen molar-refractivity contribution in [3.8, 4) is 11.5 Å². The highest BCUT2D eigenvalue weighted by Crippen LogP contribution is 2.49. The standard InChI is InChI=1S/C30H32N4O5/c1-30(26-8-3-4-13-31-26)38-25-7-5-6-22(28(25)39-30)20-11-14-33(15-12-20)19-27-32-23-10-9-21(29(35)36)18-24(23)34(27)16-17-37-2/h3-10,13,18,20H,11-12,14-17,19H2,1-2H3,(H,35,36). The molecule has 2 aliphatic rings. The van der Waals surface area contributed by atoms with Crippen LogP contribution in [-0.4, -0.2) is 57.3 Å². The molecule has 202 valence electrons. The monoisotopic (exact) mass is 528 g/mol. The van der Waals surface area contributed by atoms with Gasteiger partial charge in [-0.05, 0) is 68.2 Å². The van der Waals surface area contributed by atoms with Crippen molar-refractivity contribution in [2.75, 3.05) is 26.8 Å². The number of imidazole rings is 1. The Balaban J connectivity index is 1.18. The van der Waals surface area contributed by atoms with Gasteiger partial charge in [-0.15, -0.1) is 0 Å². The second-order valence-electron chi connectivity index (χ2n) is 10.3. The number of aromatic nitrogens is 3. The number of fused-ring (bicyclic) bond motifs is 2. The normalized spacial score (nSPS) is 19.5. The summed E-state index contributed by atoms with van der Waals surface area (Å²) in [6.07, 6.45) is 3.73. The number of carboxylic acid groups (broad SMARTS) is 1. The molecule has 9 nitrogen and oxygen atoms in total. The molecule has 1 unspecified atom stereocenters. The number of carbonyl (C=O) groups is 1. The highest BCUT2D eigenvalue weighted by atomic mass is 16.7. The van der Waals surface area contributed by atoms with Crippen LogP contribution in [0.5, 0.6) is 11.5 Å². The third-order valence-electron chi connectivity index (χ3n) is 7.73. The summed E-state index contributed by atoms with van der Waals surface area (Å²) in [5, 5.41) is 9.46. The van der Waals surface area contributed by atoms with Crippen LogP contribution < -0.4 is 9.47 Å². The lowest BCUT2D eigenvalue weighted by molar-refractivity contribution is -0.0722. The zero-order valence-electron chi connectivity index (χ0n) is 22.2. The highest BCUT2D eigenvalue weighted by Gasteiger charge is 2.42. The van der Waals surface area contributed by atoms with Crippen LogP contribution in [0.3, 0.4) is 0 Å². The Bertz CT molecular complexity index is 1500. The zero-order valence-corrected chi connectivity index (χ0v) is 22.2. The smallest absolute Gasteiger partial charge is 0.335 e. The van der Waals surface area contributed by atoms with E-state index in [2.05, 4.69) is 20.5 Å². The van der Waals surface area contributed by atoms with Gasteiger partial charge >= 0.3 is 5.97 Å². The average molecular weight is 529 g/mol. The van der Waals surface area contributed by atoms with Crippen LogP contribution in [0, 0.1) is 0 Å². The second-order valence-corrected chi connectivity index (χ2v) is 10.3. The van der Waals surface area contributed by atoms with Crippen LogP contribution in [0.4, 0.5) is 0 Å². The van der Waals surface area contributed by atoms with Crippen LogP contribution in [0.15, 0.2) is 60.8 Å². The third kappa shape index (κ3) is 4.84. The average Bonchev–Trinajstić information content (AvgIpc) is 3.49. The van der Waals surface area contributed by atoms with Gasteiger partial charge in [0.1, 0.15) is 11.5 Å². The number of ether oxygens (including phenoxy) is 3. The lowest BCUT2D eigenvalue weighted by Crippen LogP contribution is -2.34. The van der Waals surface area contributed by atoms with E-state index in [0.29, 0.717) is 25.6 Å². The molecule has 39 heavy (non-hydrogen) atoms. The van der Waals surface area contributed by atoms with Crippen molar-refractivity contribution in [1.82, 2.24) is 19.4 Å². The van der Waals surface area contributed by atoms with Crippen molar-refractivity contribution in [1.29, 1.82) is 0 Å². The molecule has 9 heteroatoms. The minimum Gasteiger partial charge on any atom is -0.478 e. The molecule has 1 fully saturated rings. The van der Waals surface area contributed by atoms with Gasteiger partial charge < -0.3 is 23.9 Å². The second kappa shape index (κ2) is 10.3. The molecule has 0 radical (unpaired) electrons. The first-order chi connectivity index (χ1) is 18.9. The molecule has 2 aliphatic heterocycles. The van der Waals surface area contributed by atoms with Crippen molar-refractivity contribution in [2.45, 2.75) is 44.6 Å². The lowest BCUT2D eigenvalue weighted by Gasteiger charge is -2.32. The number of rotatable bonds is 8. The number of carboxylic acids is 1. The van der Waals surface area contributed by atoms with Gasteiger partial charge in [-0.1, -0.05) is 18.2 Å². The van der Waals surface area contributed by atoms with Crippen LogP contribution >= 0.6 is 0 Å². The van der Waals surface area contributed by atoms with E-state index >= 15 is 0 Å². The van der Waals surface area contributed by atoms with E-state index in [0.717, 1.165) is 60.0 Å². The summed E-state index contributed by atoms with van der Waals surface area (Å²) in [5.41, 5.74) is 3.81. The summed E-state index contributed by atoms with van der Waals surface area (Å²) < 4.78 is 20.1. The van der Waals surface area contributed by atoms with Gasteiger partial charge in [0.2, 0.25) is 0 Å². The number of nitrogens with zero attached hydrogens (tertiary/aromatic N) is 4. The summed E-state index contributed by atoms with van der Waals surface area (Å²) in [6, 6.07) is 17.0. The molecule has 1 atom stereocenters. The minimum atomic E-state index is -0.942. The Morgan fingerprint density at radius 3 is 2.72 bits per heavy atom. The first-order valence-corrected chi connectivity index (χ1v) is 13.3. The summed E-state index contributed by atoms with van der Waals surface area (Å²) in [6.45, 7) is 5.58. The largest absolute Gasteiger partial charge is 0.478 e. The van der Waals surface area contributed by atoms with Gasteiger partial charge in [-0.2, -0.15) is 0 Å². The highest BCUT2D eigenvalue weighted by molar-refractivity contribution is 5.92. The lowest BCUT2D eigenvalue weighted by atomic mass is 9.88. The first-order valence-electron chi connectivity index (χ1n) is 13.3. The predicted octanol–water partition coefficient (Wildman–Crippen LogP) is 4.80. The van der Waals surface area contributed by atoms with Gasteiger partial charge in [0.25, 0.3) is 5.79 Å². The zero-order chi connectivity index (χ0) is 27.0. The number of benzene rings is 2. The molecule has 2 aromatic carbocycles. The molecular formula is C30H32N4O5. The molecule has 0 bridgehead atoms. The van der Waals surface area contributed by atoms with Crippen LogP contribution in [-0.2, 0) is 23.6 Å². The quantitative estimate of drug-likeness (QED) is 0.348. The number of hydrogen-bond donors (Lipinski definition) is 1. The maximum atomic E-state index is 11.5. The van der Waals surface area contributed by atoms with E-state index in [1.54, 1.807) is 31.5 Å². The van der Waals surface area contributed by atoms with Crippen molar-refractivity contribution >= 4 is 17.0 Å². The summed E-state index contributed by atoms with van der Waals surface area (Å²) in [5.74, 6) is 0.975. The molecule has 1 N–H and O–H groups in total. The van der Waals surface area contributed by atoms with E-state index in [1.807, 2.05) is 37.3 Å². The molecular weight excluding hydrogens is 496 g/mol. The summed E-state index contributed by atoms with van der Waals surface area (Å²) in [4.78, 5) is 23.3. The number of pyridine rings is 1.